The number of likely N-dealkylation sites (tertiary alicyclic amines) is 1. The third-order valence-electron chi connectivity index (χ3n) is 5.34. The second kappa shape index (κ2) is 11.2. The van der Waals surface area contributed by atoms with Gasteiger partial charge in [0.25, 0.3) is 0 Å². The van der Waals surface area contributed by atoms with Crippen molar-refractivity contribution >= 4 is 35.8 Å². The van der Waals surface area contributed by atoms with E-state index in [0.29, 0.717) is 12.1 Å². The number of hydrogen-bond donors (Lipinski definition) is 1. The Hall–Kier alpha value is -0.570. The predicted molar refractivity (Wildman–Crippen MR) is 115 cm³/mol. The molecule has 0 radical (unpaired) electrons. The molecule has 0 aromatic rings. The molecule has 146 valence electrons. The van der Waals surface area contributed by atoms with Crippen LogP contribution in [-0.2, 0) is 4.79 Å². The van der Waals surface area contributed by atoms with E-state index in [4.69, 9.17) is 0 Å². The molecule has 2 fully saturated rings. The van der Waals surface area contributed by atoms with Gasteiger partial charge in [0.2, 0.25) is 5.91 Å². The molecule has 2 aliphatic rings. The largest absolute Gasteiger partial charge is 0.353 e. The van der Waals surface area contributed by atoms with E-state index in [1.165, 1.54) is 32.1 Å². The van der Waals surface area contributed by atoms with Crippen LogP contribution >= 0.6 is 24.0 Å². The van der Waals surface area contributed by atoms with Crippen molar-refractivity contribution in [3.8, 4) is 0 Å². The van der Waals surface area contributed by atoms with Crippen LogP contribution in [-0.4, -0.2) is 85.5 Å². The van der Waals surface area contributed by atoms with Crippen LogP contribution in [0, 0.1) is 0 Å². The second-order valence-electron chi connectivity index (χ2n) is 7.16. The summed E-state index contributed by atoms with van der Waals surface area (Å²) in [5.74, 6) is 0.993. The van der Waals surface area contributed by atoms with Crippen molar-refractivity contribution in [1.82, 2.24) is 20.0 Å². The average molecular weight is 465 g/mol. The third kappa shape index (κ3) is 6.58. The van der Waals surface area contributed by atoms with Gasteiger partial charge < -0.3 is 15.1 Å². The van der Waals surface area contributed by atoms with E-state index in [1.807, 2.05) is 0 Å². The minimum absolute atomic E-state index is 0. The summed E-state index contributed by atoms with van der Waals surface area (Å²) in [4.78, 5) is 23.1. The number of hydrogen-bond acceptors (Lipinski definition) is 3. The van der Waals surface area contributed by atoms with E-state index in [1.54, 1.807) is 19.0 Å². The number of likely N-dealkylation sites (N-methyl/N-ethyl adjacent to an activating group) is 2. The molecule has 0 aromatic carbocycles. The molecule has 7 heteroatoms. The molecule has 2 rings (SSSR count). The fourth-order valence-electron chi connectivity index (χ4n) is 3.75. The highest BCUT2D eigenvalue weighted by atomic mass is 127. The first-order chi connectivity index (χ1) is 11.5. The number of rotatable bonds is 6. The molecule has 1 amide bonds. The average Bonchev–Trinajstić information content (AvgIpc) is 3.24. The van der Waals surface area contributed by atoms with Gasteiger partial charge in [0.15, 0.2) is 5.96 Å². The molecule has 1 aliphatic heterocycles. The molecule has 25 heavy (non-hydrogen) atoms. The lowest BCUT2D eigenvalue weighted by Gasteiger charge is -2.28. The van der Waals surface area contributed by atoms with Crippen LogP contribution in [0.15, 0.2) is 4.99 Å². The summed E-state index contributed by atoms with van der Waals surface area (Å²) in [5.41, 5.74) is 0. The molecule has 1 saturated heterocycles. The van der Waals surface area contributed by atoms with Gasteiger partial charge in [0.1, 0.15) is 6.54 Å². The Balaban J connectivity index is 0.00000312. The zero-order valence-electron chi connectivity index (χ0n) is 16.3. The maximum atomic E-state index is 11.9. The van der Waals surface area contributed by atoms with Gasteiger partial charge in [-0.25, -0.2) is 4.99 Å². The van der Waals surface area contributed by atoms with Crippen molar-refractivity contribution in [2.75, 3.05) is 46.8 Å². The Kier molecular flexibility index (Phi) is 10.1. The summed E-state index contributed by atoms with van der Waals surface area (Å²) < 4.78 is 0. The van der Waals surface area contributed by atoms with Crippen LogP contribution in [0.3, 0.4) is 0 Å². The Bertz CT molecular complexity index is 433. The highest BCUT2D eigenvalue weighted by molar-refractivity contribution is 14.0. The monoisotopic (exact) mass is 465 g/mol. The molecule has 1 saturated carbocycles. The summed E-state index contributed by atoms with van der Waals surface area (Å²) in [6, 6.07) is 1.12. The normalized spacial score (nSPS) is 21.6. The van der Waals surface area contributed by atoms with Gasteiger partial charge in [0, 0.05) is 39.3 Å². The number of aliphatic imine (C=N–C) groups is 1. The van der Waals surface area contributed by atoms with Crippen LogP contribution in [0.4, 0.5) is 0 Å². The fourth-order valence-corrected chi connectivity index (χ4v) is 3.75. The highest BCUT2D eigenvalue weighted by Gasteiger charge is 2.29. The summed E-state index contributed by atoms with van der Waals surface area (Å²) in [7, 11) is 3.57. The maximum absolute atomic E-state index is 11.9. The minimum Gasteiger partial charge on any atom is -0.353 e. The van der Waals surface area contributed by atoms with Crippen LogP contribution < -0.4 is 5.32 Å². The molecule has 1 unspecified atom stereocenters. The molecule has 0 spiro atoms. The van der Waals surface area contributed by atoms with E-state index in [-0.39, 0.29) is 36.4 Å². The van der Waals surface area contributed by atoms with E-state index in [0.717, 1.165) is 32.1 Å². The topological polar surface area (TPSA) is 51.2 Å². The lowest BCUT2D eigenvalue weighted by molar-refractivity contribution is -0.127. The van der Waals surface area contributed by atoms with E-state index in [2.05, 4.69) is 34.0 Å². The Morgan fingerprint density at radius 2 is 1.80 bits per heavy atom. The smallest absolute Gasteiger partial charge is 0.243 e. The van der Waals surface area contributed by atoms with Crippen molar-refractivity contribution in [2.45, 2.75) is 58.0 Å². The van der Waals surface area contributed by atoms with Gasteiger partial charge in [-0.05, 0) is 32.4 Å². The quantitative estimate of drug-likeness (QED) is 0.371. The first kappa shape index (κ1) is 22.5. The number of carbonyl (C=O) groups excluding carboxylic acids is 1. The zero-order valence-corrected chi connectivity index (χ0v) is 18.7. The van der Waals surface area contributed by atoms with Crippen molar-refractivity contribution < 1.29 is 4.79 Å². The molecule has 0 aromatic heterocycles. The Morgan fingerprint density at radius 1 is 1.16 bits per heavy atom. The molecule has 1 aliphatic carbocycles. The van der Waals surface area contributed by atoms with E-state index in [9.17, 15) is 4.79 Å². The molecular formula is C18H36IN5O. The number of amides is 1. The molecule has 0 bridgehead atoms. The molecule has 1 atom stereocenters. The predicted octanol–water partition coefficient (Wildman–Crippen LogP) is 2.00. The Labute approximate surface area is 170 Å². The molecule has 1 N–H and O–H groups in total. The number of guanidine groups is 1. The summed E-state index contributed by atoms with van der Waals surface area (Å²) in [6.45, 7) is 8.91. The van der Waals surface area contributed by atoms with Crippen LogP contribution in [0.25, 0.3) is 0 Å². The van der Waals surface area contributed by atoms with Gasteiger partial charge in [-0.1, -0.05) is 26.7 Å². The summed E-state index contributed by atoms with van der Waals surface area (Å²) in [5, 5.41) is 3.63. The number of nitrogens with one attached hydrogen (secondary N) is 1. The first-order valence-corrected chi connectivity index (χ1v) is 9.55. The van der Waals surface area contributed by atoms with Crippen molar-refractivity contribution in [1.29, 1.82) is 0 Å². The van der Waals surface area contributed by atoms with E-state index >= 15 is 0 Å². The fraction of sp³-hybridized carbons (Fsp3) is 0.889. The maximum Gasteiger partial charge on any atom is 0.243 e. The van der Waals surface area contributed by atoms with Gasteiger partial charge in [0.05, 0.1) is 0 Å². The number of halogens is 1. The first-order valence-electron chi connectivity index (χ1n) is 9.55. The second-order valence-corrected chi connectivity index (χ2v) is 7.16. The van der Waals surface area contributed by atoms with Crippen LogP contribution in [0.2, 0.25) is 0 Å². The van der Waals surface area contributed by atoms with Crippen LogP contribution in [0.5, 0.6) is 0 Å². The highest BCUT2D eigenvalue weighted by Crippen LogP contribution is 2.20. The SMILES string of the molecule is CCN(CC)C1CCN(C(=NCC(=O)N(C)C)NC2CCCC2)C1.I. The van der Waals surface area contributed by atoms with Gasteiger partial charge in [-0.3, -0.25) is 9.69 Å². The van der Waals surface area contributed by atoms with Gasteiger partial charge >= 0.3 is 0 Å². The van der Waals surface area contributed by atoms with Crippen LogP contribution in [0.1, 0.15) is 46.0 Å². The molecule has 1 heterocycles. The van der Waals surface area contributed by atoms with Crippen molar-refractivity contribution in [2.24, 2.45) is 4.99 Å². The third-order valence-corrected chi connectivity index (χ3v) is 5.34. The Morgan fingerprint density at radius 3 is 2.36 bits per heavy atom. The molecule has 6 nitrogen and oxygen atoms in total. The van der Waals surface area contributed by atoms with Crippen molar-refractivity contribution in [3.05, 3.63) is 0 Å². The zero-order chi connectivity index (χ0) is 17.5. The van der Waals surface area contributed by atoms with Gasteiger partial charge in [-0.2, -0.15) is 0 Å². The number of nitrogens with zero attached hydrogens (tertiary/aromatic N) is 4. The molecular weight excluding hydrogens is 429 g/mol. The lowest BCUT2D eigenvalue weighted by Crippen LogP contribution is -2.46. The van der Waals surface area contributed by atoms with E-state index < -0.39 is 0 Å². The number of carbonyl (C=O) groups is 1. The van der Waals surface area contributed by atoms with Crippen molar-refractivity contribution in [3.63, 3.8) is 0 Å². The minimum atomic E-state index is 0. The summed E-state index contributed by atoms with van der Waals surface area (Å²) >= 11 is 0. The summed E-state index contributed by atoms with van der Waals surface area (Å²) in [6.07, 6.45) is 6.20. The standard InChI is InChI=1S/C18H35N5O.HI/c1-5-22(6-2)16-11-12-23(14-16)18(19-13-17(24)21(3)4)20-15-9-7-8-10-15;/h15-16H,5-14H2,1-4H3,(H,19,20);1H. The lowest BCUT2D eigenvalue weighted by atomic mass is 10.2. The van der Waals surface area contributed by atoms with Gasteiger partial charge in [-0.15, -0.1) is 24.0 Å².